The van der Waals surface area contributed by atoms with E-state index in [0.29, 0.717) is 11.3 Å². The molecular formula is C16H24O4Si. The van der Waals surface area contributed by atoms with Crippen LogP contribution in [0.25, 0.3) is 0 Å². The third kappa shape index (κ3) is 4.42. The van der Waals surface area contributed by atoms with E-state index in [-0.39, 0.29) is 17.4 Å². The molecule has 0 aromatic heterocycles. The Labute approximate surface area is 127 Å². The zero-order chi connectivity index (χ0) is 16.3. The van der Waals surface area contributed by atoms with Gasteiger partial charge in [0.15, 0.2) is 6.29 Å². The Kier molecular flexibility index (Phi) is 5.34. The summed E-state index contributed by atoms with van der Waals surface area (Å²) in [6, 6.07) is 5.25. The first-order valence-electron chi connectivity index (χ1n) is 6.94. The third-order valence-electron chi connectivity index (χ3n) is 3.95. The summed E-state index contributed by atoms with van der Waals surface area (Å²) in [6.45, 7) is 10.7. The fourth-order valence-electron chi connectivity index (χ4n) is 1.56. The van der Waals surface area contributed by atoms with Crippen LogP contribution in [-0.2, 0) is 16.0 Å². The van der Waals surface area contributed by atoms with Crippen molar-refractivity contribution in [2.75, 3.05) is 7.11 Å². The second kappa shape index (κ2) is 6.43. The van der Waals surface area contributed by atoms with Crippen LogP contribution in [0.5, 0.6) is 5.75 Å². The Morgan fingerprint density at radius 1 is 1.29 bits per heavy atom. The van der Waals surface area contributed by atoms with Crippen LogP contribution < -0.4 is 4.43 Å². The summed E-state index contributed by atoms with van der Waals surface area (Å²) in [5, 5.41) is 0.0534. The van der Waals surface area contributed by atoms with Gasteiger partial charge in [0.2, 0.25) is 0 Å². The smallest absolute Gasteiger partial charge is 0.309 e. The summed E-state index contributed by atoms with van der Waals surface area (Å²) in [5.41, 5.74) is 1.22. The minimum absolute atomic E-state index is 0.0534. The molecule has 0 aliphatic carbocycles. The summed E-state index contributed by atoms with van der Waals surface area (Å²) in [7, 11) is -0.655. The van der Waals surface area contributed by atoms with Gasteiger partial charge in [0, 0.05) is 0 Å². The lowest BCUT2D eigenvalue weighted by molar-refractivity contribution is -0.139. The van der Waals surface area contributed by atoms with Crippen molar-refractivity contribution in [1.82, 2.24) is 0 Å². The molecule has 21 heavy (non-hydrogen) atoms. The number of hydrogen-bond acceptors (Lipinski definition) is 4. The SMILES string of the molecule is COC(=O)Cc1ccc(O[Si](C)(C)C(C)(C)C)c(C=O)c1. The van der Waals surface area contributed by atoms with Crippen LogP contribution in [0.3, 0.4) is 0 Å². The van der Waals surface area contributed by atoms with Crippen LogP contribution >= 0.6 is 0 Å². The molecule has 0 saturated carbocycles. The van der Waals surface area contributed by atoms with Gasteiger partial charge in [0.05, 0.1) is 19.1 Å². The number of rotatable bonds is 5. The second-order valence-corrected chi connectivity index (χ2v) is 11.3. The predicted octanol–water partition coefficient (Wildman–Crippen LogP) is 3.60. The van der Waals surface area contributed by atoms with Crippen LogP contribution in [0.2, 0.25) is 18.1 Å². The molecule has 4 nitrogen and oxygen atoms in total. The van der Waals surface area contributed by atoms with Crippen molar-refractivity contribution >= 4 is 20.6 Å². The maximum Gasteiger partial charge on any atom is 0.309 e. The highest BCUT2D eigenvalue weighted by Crippen LogP contribution is 2.38. The lowest BCUT2D eigenvalue weighted by atomic mass is 10.1. The van der Waals surface area contributed by atoms with E-state index < -0.39 is 8.32 Å². The van der Waals surface area contributed by atoms with Gasteiger partial charge < -0.3 is 9.16 Å². The van der Waals surface area contributed by atoms with Crippen molar-refractivity contribution in [2.45, 2.75) is 45.3 Å². The summed E-state index contributed by atoms with van der Waals surface area (Å²) in [5.74, 6) is 0.259. The maximum atomic E-state index is 11.3. The lowest BCUT2D eigenvalue weighted by Gasteiger charge is -2.36. The first-order valence-corrected chi connectivity index (χ1v) is 9.85. The molecule has 1 aromatic rings. The van der Waals surface area contributed by atoms with Gasteiger partial charge in [0.1, 0.15) is 5.75 Å². The van der Waals surface area contributed by atoms with Crippen LogP contribution in [0.1, 0.15) is 36.7 Å². The average Bonchev–Trinajstić information content (AvgIpc) is 2.38. The van der Waals surface area contributed by atoms with Crippen molar-refractivity contribution in [2.24, 2.45) is 0 Å². The molecule has 0 spiro atoms. The zero-order valence-corrected chi connectivity index (χ0v) is 14.6. The van der Waals surface area contributed by atoms with E-state index in [0.717, 1.165) is 11.8 Å². The van der Waals surface area contributed by atoms with E-state index in [1.54, 1.807) is 18.2 Å². The normalized spacial score (nSPS) is 11.9. The predicted molar refractivity (Wildman–Crippen MR) is 85.4 cm³/mol. The number of benzene rings is 1. The number of ether oxygens (including phenoxy) is 1. The number of esters is 1. The monoisotopic (exact) mass is 308 g/mol. The van der Waals surface area contributed by atoms with Crippen LogP contribution in [0.4, 0.5) is 0 Å². The molecule has 0 amide bonds. The standard InChI is InChI=1S/C16H24O4Si/c1-16(2,3)21(5,6)20-14-8-7-12(9-13(14)11-17)10-15(18)19-4/h7-9,11H,10H2,1-6H3. The summed E-state index contributed by atoms with van der Waals surface area (Å²) in [4.78, 5) is 22.6. The fraction of sp³-hybridized carbons (Fsp3) is 0.500. The number of methoxy groups -OCH3 is 1. The summed E-state index contributed by atoms with van der Waals surface area (Å²) in [6.07, 6.45) is 0.918. The molecule has 0 aliphatic heterocycles. The molecule has 0 atom stereocenters. The van der Waals surface area contributed by atoms with E-state index in [1.807, 2.05) is 0 Å². The molecule has 1 aromatic carbocycles. The van der Waals surface area contributed by atoms with Crippen molar-refractivity contribution in [3.8, 4) is 5.75 Å². The minimum Gasteiger partial charge on any atom is -0.543 e. The molecule has 0 N–H and O–H groups in total. The first kappa shape index (κ1) is 17.4. The highest BCUT2D eigenvalue weighted by Gasteiger charge is 2.39. The lowest BCUT2D eigenvalue weighted by Crippen LogP contribution is -2.44. The Bertz CT molecular complexity index is 530. The molecule has 0 unspecified atom stereocenters. The molecule has 116 valence electrons. The van der Waals surface area contributed by atoms with E-state index in [4.69, 9.17) is 4.43 Å². The Morgan fingerprint density at radius 3 is 2.38 bits per heavy atom. The third-order valence-corrected chi connectivity index (χ3v) is 8.29. The quantitative estimate of drug-likeness (QED) is 0.474. The Morgan fingerprint density at radius 2 is 1.90 bits per heavy atom. The largest absolute Gasteiger partial charge is 0.543 e. The number of aldehydes is 1. The molecule has 0 fully saturated rings. The molecule has 0 aliphatic rings. The summed E-state index contributed by atoms with van der Waals surface area (Å²) >= 11 is 0. The van der Waals surface area contributed by atoms with Crippen molar-refractivity contribution < 1.29 is 18.8 Å². The van der Waals surface area contributed by atoms with Gasteiger partial charge in [-0.3, -0.25) is 9.59 Å². The Hall–Kier alpha value is -1.62. The van der Waals surface area contributed by atoms with Gasteiger partial charge in [-0.2, -0.15) is 0 Å². The number of carbonyl (C=O) groups is 2. The number of carbonyl (C=O) groups excluding carboxylic acids is 2. The van der Waals surface area contributed by atoms with E-state index >= 15 is 0 Å². The Balaban J connectivity index is 3.05. The van der Waals surface area contributed by atoms with Gasteiger partial charge in [0.25, 0.3) is 8.32 Å². The molecule has 1 rings (SSSR count). The van der Waals surface area contributed by atoms with Gasteiger partial charge >= 0.3 is 5.97 Å². The van der Waals surface area contributed by atoms with Crippen molar-refractivity contribution in [3.05, 3.63) is 29.3 Å². The maximum absolute atomic E-state index is 11.3. The zero-order valence-electron chi connectivity index (χ0n) is 13.6. The van der Waals surface area contributed by atoms with Crippen LogP contribution in [0, 0.1) is 0 Å². The van der Waals surface area contributed by atoms with E-state index in [9.17, 15) is 9.59 Å². The molecule has 0 radical (unpaired) electrons. The van der Waals surface area contributed by atoms with Crippen LogP contribution in [0.15, 0.2) is 18.2 Å². The highest BCUT2D eigenvalue weighted by molar-refractivity contribution is 6.74. The fourth-order valence-corrected chi connectivity index (χ4v) is 2.60. The van der Waals surface area contributed by atoms with E-state index in [2.05, 4.69) is 38.6 Å². The molecule has 0 bridgehead atoms. The minimum atomic E-state index is -2.00. The van der Waals surface area contributed by atoms with Gasteiger partial charge in [-0.05, 0) is 35.8 Å². The van der Waals surface area contributed by atoms with Gasteiger partial charge in [-0.1, -0.05) is 26.8 Å². The highest BCUT2D eigenvalue weighted by atomic mass is 28.4. The molecule has 0 saturated heterocycles. The van der Waals surface area contributed by atoms with Gasteiger partial charge in [-0.25, -0.2) is 0 Å². The number of hydrogen-bond donors (Lipinski definition) is 0. The first-order chi connectivity index (χ1) is 9.60. The second-order valence-electron chi connectivity index (χ2n) is 6.61. The summed E-state index contributed by atoms with van der Waals surface area (Å²) < 4.78 is 10.8. The molecule has 0 heterocycles. The van der Waals surface area contributed by atoms with E-state index in [1.165, 1.54) is 7.11 Å². The molecule has 5 heteroatoms. The topological polar surface area (TPSA) is 52.6 Å². The van der Waals surface area contributed by atoms with Crippen molar-refractivity contribution in [1.29, 1.82) is 0 Å². The van der Waals surface area contributed by atoms with Gasteiger partial charge in [-0.15, -0.1) is 0 Å². The van der Waals surface area contributed by atoms with Crippen LogP contribution in [-0.4, -0.2) is 27.7 Å². The average molecular weight is 308 g/mol. The molecular weight excluding hydrogens is 284 g/mol. The van der Waals surface area contributed by atoms with Crippen molar-refractivity contribution in [3.63, 3.8) is 0 Å².